The number of H-pyrrole nitrogens is 1. The number of nitrogens with one attached hydrogen (secondary N) is 2. The summed E-state index contributed by atoms with van der Waals surface area (Å²) in [6.45, 7) is 1.20. The molecule has 2 aliphatic rings. The van der Waals surface area contributed by atoms with Gasteiger partial charge in [0.15, 0.2) is 9.84 Å². The summed E-state index contributed by atoms with van der Waals surface area (Å²) in [6.07, 6.45) is 4.08. The van der Waals surface area contributed by atoms with Gasteiger partial charge in [-0.25, -0.2) is 8.42 Å². The number of nitrogens with zero attached hydrogens (tertiary/aromatic N) is 1. The number of rotatable bonds is 3. The Hall–Kier alpha value is -1.34. The highest BCUT2D eigenvalue weighted by Gasteiger charge is 2.33. The molecule has 7 heteroatoms. The zero-order chi connectivity index (χ0) is 14.9. The maximum Gasteiger partial charge on any atom is 0.224 e. The van der Waals surface area contributed by atoms with E-state index in [1.54, 1.807) is 0 Å². The quantitative estimate of drug-likeness (QED) is 0.849. The van der Waals surface area contributed by atoms with Crippen molar-refractivity contribution in [2.24, 2.45) is 0 Å². The average molecular weight is 311 g/mol. The first-order chi connectivity index (χ1) is 10.1. The van der Waals surface area contributed by atoms with Crippen LogP contribution < -0.4 is 5.32 Å². The molecule has 1 aromatic heterocycles. The zero-order valence-electron chi connectivity index (χ0n) is 11.9. The van der Waals surface area contributed by atoms with Crippen LogP contribution in [-0.4, -0.2) is 54.8 Å². The van der Waals surface area contributed by atoms with Gasteiger partial charge in [0.2, 0.25) is 5.91 Å². The lowest BCUT2D eigenvalue weighted by atomic mass is 10.1. The molecule has 0 spiro atoms. The zero-order valence-corrected chi connectivity index (χ0v) is 12.7. The summed E-state index contributed by atoms with van der Waals surface area (Å²) in [5, 5.41) is 3.14. The third-order valence-corrected chi connectivity index (χ3v) is 6.01. The summed E-state index contributed by atoms with van der Waals surface area (Å²) < 4.78 is 23.3. The van der Waals surface area contributed by atoms with E-state index >= 15 is 0 Å². The van der Waals surface area contributed by atoms with Gasteiger partial charge in [-0.2, -0.15) is 0 Å². The second-order valence-corrected chi connectivity index (χ2v) is 8.07. The number of aromatic nitrogens is 1. The number of hydrogen-bond donors (Lipinski definition) is 2. The van der Waals surface area contributed by atoms with Crippen molar-refractivity contribution in [2.75, 3.05) is 24.6 Å². The minimum Gasteiger partial charge on any atom is -0.363 e. The Morgan fingerprint density at radius 3 is 3.00 bits per heavy atom. The Labute approximate surface area is 124 Å². The van der Waals surface area contributed by atoms with Crippen LogP contribution in [0.4, 0.5) is 0 Å². The van der Waals surface area contributed by atoms with E-state index in [1.807, 2.05) is 23.2 Å². The molecule has 0 aliphatic carbocycles. The average Bonchev–Trinajstić information content (AvgIpc) is 3.08. The van der Waals surface area contributed by atoms with Crippen molar-refractivity contribution < 1.29 is 13.2 Å². The number of hydrogen-bond acceptors (Lipinski definition) is 4. The summed E-state index contributed by atoms with van der Waals surface area (Å²) in [7, 11) is -3.00. The molecule has 2 fully saturated rings. The fourth-order valence-electron chi connectivity index (χ4n) is 3.27. The first-order valence-corrected chi connectivity index (χ1v) is 9.24. The molecule has 0 saturated carbocycles. The van der Waals surface area contributed by atoms with E-state index in [4.69, 9.17) is 0 Å². The van der Waals surface area contributed by atoms with Crippen molar-refractivity contribution in [1.29, 1.82) is 0 Å². The minimum absolute atomic E-state index is 0.0432. The molecular weight excluding hydrogens is 290 g/mol. The largest absolute Gasteiger partial charge is 0.363 e. The Bertz CT molecular complexity index is 597. The van der Waals surface area contributed by atoms with Gasteiger partial charge >= 0.3 is 0 Å². The van der Waals surface area contributed by atoms with Gasteiger partial charge in [-0.1, -0.05) is 0 Å². The van der Waals surface area contributed by atoms with Crippen LogP contribution in [-0.2, 0) is 14.6 Å². The number of amides is 1. The molecule has 116 valence electrons. The molecule has 2 aliphatic heterocycles. The fourth-order valence-corrected chi connectivity index (χ4v) is 4.71. The number of sulfone groups is 1. The third kappa shape index (κ3) is 3.29. The van der Waals surface area contributed by atoms with Gasteiger partial charge in [0.1, 0.15) is 0 Å². The molecule has 21 heavy (non-hydrogen) atoms. The molecule has 3 rings (SSSR count). The molecule has 1 amide bonds. The van der Waals surface area contributed by atoms with Gasteiger partial charge in [0.25, 0.3) is 0 Å². The predicted octanol–water partition coefficient (Wildman–Crippen LogP) is 0.455. The Morgan fingerprint density at radius 2 is 2.29 bits per heavy atom. The van der Waals surface area contributed by atoms with Gasteiger partial charge < -0.3 is 15.2 Å². The summed E-state index contributed by atoms with van der Waals surface area (Å²) in [5.41, 5.74) is 1.06. The van der Waals surface area contributed by atoms with Crippen LogP contribution in [0.5, 0.6) is 0 Å². The number of carbonyl (C=O) groups excluding carboxylic acids is 1. The summed E-state index contributed by atoms with van der Waals surface area (Å²) >= 11 is 0. The molecule has 2 unspecified atom stereocenters. The van der Waals surface area contributed by atoms with E-state index < -0.39 is 9.84 Å². The molecule has 6 nitrogen and oxygen atoms in total. The number of likely N-dealkylation sites (tertiary alicyclic amines) is 1. The number of carbonyl (C=O) groups is 1. The van der Waals surface area contributed by atoms with Crippen molar-refractivity contribution in [3.05, 3.63) is 24.0 Å². The highest BCUT2D eigenvalue weighted by Crippen LogP contribution is 2.31. The van der Waals surface area contributed by atoms with Crippen molar-refractivity contribution in [3.63, 3.8) is 0 Å². The maximum atomic E-state index is 12.5. The maximum absolute atomic E-state index is 12.5. The van der Waals surface area contributed by atoms with Gasteiger partial charge in [0, 0.05) is 37.4 Å². The van der Waals surface area contributed by atoms with Crippen molar-refractivity contribution in [1.82, 2.24) is 15.2 Å². The topological polar surface area (TPSA) is 82.3 Å². The summed E-state index contributed by atoms with van der Waals surface area (Å²) in [4.78, 5) is 17.6. The number of aromatic amines is 1. The van der Waals surface area contributed by atoms with E-state index in [2.05, 4.69) is 10.3 Å². The Balaban J connectivity index is 1.65. The van der Waals surface area contributed by atoms with Crippen molar-refractivity contribution in [3.8, 4) is 0 Å². The van der Waals surface area contributed by atoms with Gasteiger partial charge in [-0.15, -0.1) is 0 Å². The predicted molar refractivity (Wildman–Crippen MR) is 79.5 cm³/mol. The molecule has 1 aromatic rings. The van der Waals surface area contributed by atoms with Gasteiger partial charge in [-0.05, 0) is 25.0 Å². The van der Waals surface area contributed by atoms with Crippen molar-refractivity contribution >= 4 is 15.7 Å². The third-order valence-electron chi connectivity index (χ3n) is 4.28. The SMILES string of the molecule is O=C(CC1CS(=O)(=O)CCN1)N1CCCC1c1ccc[nH]1. The van der Waals surface area contributed by atoms with E-state index in [9.17, 15) is 13.2 Å². The van der Waals surface area contributed by atoms with Crippen LogP contribution >= 0.6 is 0 Å². The molecule has 2 atom stereocenters. The lowest BCUT2D eigenvalue weighted by Gasteiger charge is -2.28. The summed E-state index contributed by atoms with van der Waals surface area (Å²) in [6, 6.07) is 3.79. The highest BCUT2D eigenvalue weighted by atomic mass is 32.2. The van der Waals surface area contributed by atoms with Gasteiger partial charge in [-0.3, -0.25) is 4.79 Å². The molecule has 3 heterocycles. The van der Waals surface area contributed by atoms with E-state index in [0.717, 1.165) is 25.1 Å². The Morgan fingerprint density at radius 1 is 1.43 bits per heavy atom. The minimum atomic E-state index is -3.00. The van der Waals surface area contributed by atoms with Crippen LogP contribution in [0.15, 0.2) is 18.3 Å². The molecule has 2 saturated heterocycles. The van der Waals surface area contributed by atoms with Crippen LogP contribution in [0.1, 0.15) is 31.0 Å². The molecule has 0 bridgehead atoms. The second-order valence-electron chi connectivity index (χ2n) is 5.84. The first kappa shape index (κ1) is 14.6. The smallest absolute Gasteiger partial charge is 0.224 e. The lowest BCUT2D eigenvalue weighted by molar-refractivity contribution is -0.132. The fraction of sp³-hybridized carbons (Fsp3) is 0.643. The molecule has 2 N–H and O–H groups in total. The summed E-state index contributed by atoms with van der Waals surface area (Å²) in [5.74, 6) is 0.286. The van der Waals surface area contributed by atoms with Crippen LogP contribution in [0.2, 0.25) is 0 Å². The van der Waals surface area contributed by atoms with Crippen LogP contribution in [0.25, 0.3) is 0 Å². The Kier molecular flexibility index (Phi) is 4.03. The highest BCUT2D eigenvalue weighted by molar-refractivity contribution is 7.91. The normalized spacial score (nSPS) is 28.7. The van der Waals surface area contributed by atoms with E-state index in [-0.39, 0.29) is 35.9 Å². The van der Waals surface area contributed by atoms with Crippen molar-refractivity contribution in [2.45, 2.75) is 31.3 Å². The first-order valence-electron chi connectivity index (χ1n) is 7.42. The van der Waals surface area contributed by atoms with Crippen LogP contribution in [0, 0.1) is 0 Å². The standard InChI is InChI=1S/C14H21N3O3S/c18-14(9-11-10-21(19,20)8-6-15-11)17-7-2-4-13(17)12-3-1-5-16-12/h1,3,5,11,13,15-16H,2,4,6-10H2. The molecular formula is C14H21N3O3S. The van der Waals surface area contributed by atoms with E-state index in [0.29, 0.717) is 6.54 Å². The van der Waals surface area contributed by atoms with Crippen LogP contribution in [0.3, 0.4) is 0 Å². The van der Waals surface area contributed by atoms with Gasteiger partial charge in [0.05, 0.1) is 17.5 Å². The molecule has 0 aromatic carbocycles. The molecule has 0 radical (unpaired) electrons. The lowest BCUT2D eigenvalue weighted by Crippen LogP contribution is -2.47. The van der Waals surface area contributed by atoms with E-state index in [1.165, 1.54) is 0 Å². The second kappa shape index (κ2) is 5.81. The monoisotopic (exact) mass is 311 g/mol.